The van der Waals surface area contributed by atoms with Crippen LogP contribution in [0.4, 0.5) is 5.69 Å². The van der Waals surface area contributed by atoms with Gasteiger partial charge in [-0.2, -0.15) is 0 Å². The first kappa shape index (κ1) is 21.6. The first-order valence-electron chi connectivity index (χ1n) is 9.65. The van der Waals surface area contributed by atoms with Crippen molar-refractivity contribution in [1.29, 1.82) is 0 Å². The minimum atomic E-state index is -0.510. The van der Waals surface area contributed by atoms with Gasteiger partial charge in [-0.3, -0.25) is 14.4 Å². The predicted octanol–water partition coefficient (Wildman–Crippen LogP) is 3.22. The molecule has 0 bridgehead atoms. The summed E-state index contributed by atoms with van der Waals surface area (Å²) in [5, 5.41) is 5.49. The lowest BCUT2D eigenvalue weighted by molar-refractivity contribution is -0.132. The fraction of sp³-hybridized carbons (Fsp3) is 0.261. The molecule has 0 aliphatic carbocycles. The van der Waals surface area contributed by atoms with E-state index in [-0.39, 0.29) is 17.7 Å². The van der Waals surface area contributed by atoms with Gasteiger partial charge in [0, 0.05) is 30.1 Å². The zero-order chi connectivity index (χ0) is 21.7. The quantitative estimate of drug-likeness (QED) is 0.724. The van der Waals surface area contributed by atoms with Gasteiger partial charge in [0.15, 0.2) is 0 Å². The Balaban J connectivity index is 1.64. The Morgan fingerprint density at radius 3 is 2.47 bits per heavy atom. The van der Waals surface area contributed by atoms with Crippen LogP contribution in [0, 0.1) is 13.8 Å². The summed E-state index contributed by atoms with van der Waals surface area (Å²) in [5.41, 5.74) is 4.36. The van der Waals surface area contributed by atoms with E-state index in [0.717, 1.165) is 22.4 Å². The SMILES string of the molecule is CNC(=O)c1ccc(/C=C/C(=O)N2CSCC2C(=O)Nc2ccc(C)c(C)c2)cc1. The number of carbonyl (C=O) groups excluding carboxylic acids is 3. The van der Waals surface area contributed by atoms with Gasteiger partial charge in [-0.25, -0.2) is 0 Å². The molecular weight excluding hydrogens is 398 g/mol. The van der Waals surface area contributed by atoms with E-state index in [1.807, 2.05) is 32.0 Å². The van der Waals surface area contributed by atoms with Crippen LogP contribution in [0.1, 0.15) is 27.0 Å². The van der Waals surface area contributed by atoms with Gasteiger partial charge in [-0.05, 0) is 60.9 Å². The Labute approximate surface area is 180 Å². The summed E-state index contributed by atoms with van der Waals surface area (Å²) in [6.07, 6.45) is 3.16. The van der Waals surface area contributed by atoms with E-state index in [1.165, 1.54) is 6.08 Å². The molecular formula is C23H25N3O3S. The molecule has 7 heteroatoms. The predicted molar refractivity (Wildman–Crippen MR) is 121 cm³/mol. The lowest BCUT2D eigenvalue weighted by Gasteiger charge is -2.22. The lowest BCUT2D eigenvalue weighted by Crippen LogP contribution is -2.43. The van der Waals surface area contributed by atoms with Crippen molar-refractivity contribution < 1.29 is 14.4 Å². The largest absolute Gasteiger partial charge is 0.355 e. The molecule has 0 radical (unpaired) electrons. The first-order valence-corrected chi connectivity index (χ1v) is 10.8. The molecule has 1 fully saturated rings. The molecule has 30 heavy (non-hydrogen) atoms. The van der Waals surface area contributed by atoms with Crippen molar-refractivity contribution in [2.75, 3.05) is 24.0 Å². The molecule has 2 aromatic rings. The third-order valence-electron chi connectivity index (χ3n) is 5.06. The van der Waals surface area contributed by atoms with Crippen LogP contribution in [0.2, 0.25) is 0 Å². The summed E-state index contributed by atoms with van der Waals surface area (Å²) in [6.45, 7) is 4.02. The summed E-state index contributed by atoms with van der Waals surface area (Å²) in [4.78, 5) is 38.6. The molecule has 0 spiro atoms. The summed E-state index contributed by atoms with van der Waals surface area (Å²) >= 11 is 1.56. The average Bonchev–Trinajstić information content (AvgIpc) is 3.24. The topological polar surface area (TPSA) is 78.5 Å². The van der Waals surface area contributed by atoms with E-state index in [0.29, 0.717) is 17.2 Å². The van der Waals surface area contributed by atoms with Crippen molar-refractivity contribution in [2.24, 2.45) is 0 Å². The Bertz CT molecular complexity index is 986. The number of thioether (sulfide) groups is 1. The number of carbonyl (C=O) groups is 3. The highest BCUT2D eigenvalue weighted by Crippen LogP contribution is 2.23. The number of hydrogen-bond acceptors (Lipinski definition) is 4. The second-order valence-corrected chi connectivity index (χ2v) is 8.15. The number of amides is 3. The number of nitrogens with one attached hydrogen (secondary N) is 2. The third kappa shape index (κ3) is 5.10. The van der Waals surface area contributed by atoms with Crippen molar-refractivity contribution in [3.05, 3.63) is 70.8 Å². The summed E-state index contributed by atoms with van der Waals surface area (Å²) in [7, 11) is 1.58. The molecule has 156 valence electrons. The van der Waals surface area contributed by atoms with Crippen LogP contribution in [-0.2, 0) is 9.59 Å². The maximum absolute atomic E-state index is 12.7. The van der Waals surface area contributed by atoms with Gasteiger partial charge in [0.05, 0.1) is 5.88 Å². The number of anilines is 1. The van der Waals surface area contributed by atoms with Crippen LogP contribution in [0.3, 0.4) is 0 Å². The van der Waals surface area contributed by atoms with Crippen LogP contribution >= 0.6 is 11.8 Å². The molecule has 6 nitrogen and oxygen atoms in total. The van der Waals surface area contributed by atoms with Crippen molar-refractivity contribution in [2.45, 2.75) is 19.9 Å². The number of nitrogens with zero attached hydrogens (tertiary/aromatic N) is 1. The maximum Gasteiger partial charge on any atom is 0.251 e. The fourth-order valence-corrected chi connectivity index (χ4v) is 4.24. The van der Waals surface area contributed by atoms with Gasteiger partial charge in [-0.15, -0.1) is 11.8 Å². The Morgan fingerprint density at radius 1 is 1.07 bits per heavy atom. The molecule has 1 unspecified atom stereocenters. The van der Waals surface area contributed by atoms with Gasteiger partial charge in [-0.1, -0.05) is 18.2 Å². The van der Waals surface area contributed by atoms with Gasteiger partial charge in [0.25, 0.3) is 5.91 Å². The Kier molecular flexibility index (Phi) is 6.95. The van der Waals surface area contributed by atoms with E-state index in [4.69, 9.17) is 0 Å². The van der Waals surface area contributed by atoms with Gasteiger partial charge in [0.1, 0.15) is 6.04 Å². The van der Waals surface area contributed by atoms with E-state index in [2.05, 4.69) is 10.6 Å². The first-order chi connectivity index (χ1) is 14.4. The molecule has 3 rings (SSSR count). The highest BCUT2D eigenvalue weighted by Gasteiger charge is 2.33. The molecule has 1 aliphatic rings. The number of aryl methyl sites for hydroxylation is 2. The number of rotatable bonds is 5. The van der Waals surface area contributed by atoms with Gasteiger partial charge < -0.3 is 15.5 Å². The second-order valence-electron chi connectivity index (χ2n) is 7.15. The molecule has 1 atom stereocenters. The van der Waals surface area contributed by atoms with E-state index in [9.17, 15) is 14.4 Å². The van der Waals surface area contributed by atoms with E-state index < -0.39 is 6.04 Å². The highest BCUT2D eigenvalue weighted by molar-refractivity contribution is 7.99. The highest BCUT2D eigenvalue weighted by atomic mass is 32.2. The molecule has 1 aliphatic heterocycles. The average molecular weight is 424 g/mol. The smallest absolute Gasteiger partial charge is 0.251 e. The third-order valence-corrected chi connectivity index (χ3v) is 6.07. The zero-order valence-electron chi connectivity index (χ0n) is 17.3. The molecule has 0 saturated carbocycles. The van der Waals surface area contributed by atoms with E-state index >= 15 is 0 Å². The summed E-state index contributed by atoms with van der Waals surface area (Å²) in [6, 6.07) is 12.2. The summed E-state index contributed by atoms with van der Waals surface area (Å²) < 4.78 is 0. The molecule has 2 aromatic carbocycles. The normalized spacial score (nSPS) is 16.0. The van der Waals surface area contributed by atoms with Crippen LogP contribution in [0.25, 0.3) is 6.08 Å². The summed E-state index contributed by atoms with van der Waals surface area (Å²) in [5.74, 6) is 0.491. The molecule has 2 N–H and O–H groups in total. The van der Waals surface area contributed by atoms with Crippen molar-refractivity contribution in [3.63, 3.8) is 0 Å². The molecule has 0 aromatic heterocycles. The van der Waals surface area contributed by atoms with Crippen molar-refractivity contribution >= 4 is 41.2 Å². The molecule has 1 heterocycles. The Hall–Kier alpha value is -3.06. The molecule has 3 amide bonds. The number of benzene rings is 2. The monoisotopic (exact) mass is 423 g/mol. The van der Waals surface area contributed by atoms with Crippen molar-refractivity contribution in [3.8, 4) is 0 Å². The van der Waals surface area contributed by atoms with Crippen molar-refractivity contribution in [1.82, 2.24) is 10.2 Å². The lowest BCUT2D eigenvalue weighted by atomic mass is 10.1. The van der Waals surface area contributed by atoms with Crippen LogP contribution in [0.5, 0.6) is 0 Å². The fourth-order valence-electron chi connectivity index (χ4n) is 3.08. The maximum atomic E-state index is 12.7. The molecule has 1 saturated heterocycles. The van der Waals surface area contributed by atoms with Crippen LogP contribution < -0.4 is 10.6 Å². The number of hydrogen-bond donors (Lipinski definition) is 2. The Morgan fingerprint density at radius 2 is 1.80 bits per heavy atom. The minimum Gasteiger partial charge on any atom is -0.355 e. The second kappa shape index (κ2) is 9.63. The van der Waals surface area contributed by atoms with Gasteiger partial charge in [0.2, 0.25) is 11.8 Å². The van der Waals surface area contributed by atoms with Crippen LogP contribution in [0.15, 0.2) is 48.5 Å². The standard InChI is InChI=1S/C23H25N3O3S/c1-15-4-10-19(12-16(15)2)25-23(29)20-13-30-14-26(20)21(27)11-7-17-5-8-18(9-6-17)22(28)24-3/h4-12,20H,13-14H2,1-3H3,(H,24,28)(H,25,29)/b11-7+. The zero-order valence-corrected chi connectivity index (χ0v) is 18.1. The minimum absolute atomic E-state index is 0.159. The van der Waals surface area contributed by atoms with E-state index in [1.54, 1.807) is 54.1 Å². The van der Waals surface area contributed by atoms with Crippen LogP contribution in [-0.4, -0.2) is 47.3 Å². The van der Waals surface area contributed by atoms with Gasteiger partial charge >= 0.3 is 0 Å².